The average molecular weight is 492 g/mol. The molecule has 1 aliphatic carbocycles. The highest BCUT2D eigenvalue weighted by Gasteiger charge is 2.47. The summed E-state index contributed by atoms with van der Waals surface area (Å²) in [4.78, 5) is 12.8. The van der Waals surface area contributed by atoms with Crippen molar-refractivity contribution in [3.05, 3.63) is 53.6 Å². The minimum Gasteiger partial charge on any atom is -0.493 e. The molecular formula is C21H21F5N2O4S. The fourth-order valence-corrected chi connectivity index (χ4v) is 4.72. The molecule has 2 aromatic rings. The van der Waals surface area contributed by atoms with Crippen LogP contribution in [0.3, 0.4) is 0 Å². The summed E-state index contributed by atoms with van der Waals surface area (Å²) in [5, 5.41) is 7.50. The van der Waals surface area contributed by atoms with Gasteiger partial charge >= 0.3 is 6.18 Å². The summed E-state index contributed by atoms with van der Waals surface area (Å²) in [7, 11) is -2.99. The molecule has 1 amide bonds. The van der Waals surface area contributed by atoms with E-state index in [9.17, 15) is 35.2 Å². The number of carbonyl (C=O) groups is 1. The van der Waals surface area contributed by atoms with Gasteiger partial charge in [-0.1, -0.05) is 12.1 Å². The van der Waals surface area contributed by atoms with Gasteiger partial charge in [0, 0.05) is 17.2 Å². The van der Waals surface area contributed by atoms with E-state index in [4.69, 9.17) is 9.88 Å². The smallest absolute Gasteiger partial charge is 0.391 e. The number of benzene rings is 2. The van der Waals surface area contributed by atoms with Gasteiger partial charge in [0.1, 0.15) is 0 Å². The monoisotopic (exact) mass is 492 g/mol. The minimum atomic E-state index is -4.55. The Labute approximate surface area is 187 Å². The molecular weight excluding hydrogens is 471 g/mol. The Hall–Kier alpha value is -2.73. The lowest BCUT2D eigenvalue weighted by molar-refractivity contribution is -0.187. The van der Waals surface area contributed by atoms with Crippen LogP contribution in [0.2, 0.25) is 0 Å². The van der Waals surface area contributed by atoms with Gasteiger partial charge in [0.15, 0.2) is 11.6 Å². The second kappa shape index (κ2) is 9.26. The lowest BCUT2D eigenvalue weighted by Crippen LogP contribution is -2.38. The molecule has 3 N–H and O–H groups in total. The molecule has 0 spiro atoms. The number of methoxy groups -OCH3 is 1. The van der Waals surface area contributed by atoms with Gasteiger partial charge in [0.05, 0.1) is 17.9 Å². The maximum Gasteiger partial charge on any atom is 0.391 e. The van der Waals surface area contributed by atoms with Crippen molar-refractivity contribution in [1.82, 2.24) is 0 Å². The molecule has 1 aliphatic rings. The first kappa shape index (κ1) is 24.9. The molecule has 0 saturated heterocycles. The summed E-state index contributed by atoms with van der Waals surface area (Å²) in [6.45, 7) is 0. The fraction of sp³-hybridized carbons (Fsp3) is 0.381. The number of sulfonamides is 1. The molecule has 33 heavy (non-hydrogen) atoms. The highest BCUT2D eigenvalue weighted by atomic mass is 32.2. The van der Waals surface area contributed by atoms with Crippen LogP contribution in [-0.4, -0.2) is 27.6 Å². The number of halogens is 5. The van der Waals surface area contributed by atoms with E-state index in [1.54, 1.807) is 0 Å². The van der Waals surface area contributed by atoms with Gasteiger partial charge in [-0.3, -0.25) is 4.79 Å². The van der Waals surface area contributed by atoms with E-state index >= 15 is 0 Å². The lowest BCUT2D eigenvalue weighted by Gasteiger charge is -2.37. The molecule has 1 fully saturated rings. The minimum absolute atomic E-state index is 0.0108. The van der Waals surface area contributed by atoms with Gasteiger partial charge in [-0.15, -0.1) is 0 Å². The van der Waals surface area contributed by atoms with Crippen molar-refractivity contribution in [2.45, 2.75) is 36.3 Å². The topological polar surface area (TPSA) is 98.5 Å². The van der Waals surface area contributed by atoms with Gasteiger partial charge < -0.3 is 10.1 Å². The van der Waals surface area contributed by atoms with Gasteiger partial charge in [-0.05, 0) is 49.4 Å². The second-order valence-corrected chi connectivity index (χ2v) is 9.37. The van der Waals surface area contributed by atoms with Gasteiger partial charge in [0.2, 0.25) is 21.7 Å². The third-order valence-electron chi connectivity index (χ3n) is 5.76. The van der Waals surface area contributed by atoms with Crippen LogP contribution in [0.4, 0.5) is 27.6 Å². The summed E-state index contributed by atoms with van der Waals surface area (Å²) in [5.41, 5.74) is 0.0899. The number of ether oxygens (including phenoxy) is 1. The quantitative estimate of drug-likeness (QED) is 0.608. The molecule has 1 saturated carbocycles. The SMILES string of the molecule is COc1c(C2CCC(C(F)(F)F)C[C@H]2C(=O)Nc2cccc(S(N)(=O)=O)c2)ccc(F)c1F. The number of carbonyl (C=O) groups excluding carboxylic acids is 1. The lowest BCUT2D eigenvalue weighted by atomic mass is 9.70. The molecule has 2 aromatic carbocycles. The highest BCUT2D eigenvalue weighted by molar-refractivity contribution is 7.89. The molecule has 0 aliphatic heterocycles. The van der Waals surface area contributed by atoms with Crippen molar-refractivity contribution in [3.63, 3.8) is 0 Å². The zero-order chi connectivity index (χ0) is 24.6. The van der Waals surface area contributed by atoms with E-state index in [2.05, 4.69) is 5.32 Å². The number of hydrogen-bond acceptors (Lipinski definition) is 4. The standard InChI is InChI=1S/C21H21F5N2O4S/c1-32-19-15(7-8-17(22)18(19)23)14-6-5-11(21(24,25)26)9-16(14)20(29)28-12-3-2-4-13(10-12)33(27,30)31/h2-4,7-8,10-11,14,16H,5-6,9H2,1H3,(H,28,29)(H2,27,30,31)/t11?,14?,16-/m1/s1. The third kappa shape index (κ3) is 5.44. The molecule has 3 atom stereocenters. The van der Waals surface area contributed by atoms with Crippen LogP contribution in [0.25, 0.3) is 0 Å². The number of primary sulfonamides is 1. The zero-order valence-corrected chi connectivity index (χ0v) is 18.1. The largest absolute Gasteiger partial charge is 0.493 e. The molecule has 2 unspecified atom stereocenters. The number of anilines is 1. The predicted octanol–water partition coefficient (Wildman–Crippen LogP) is 4.32. The summed E-state index contributed by atoms with van der Waals surface area (Å²) >= 11 is 0. The number of amides is 1. The van der Waals surface area contributed by atoms with Gasteiger partial charge in [-0.25, -0.2) is 17.9 Å². The van der Waals surface area contributed by atoms with Crippen LogP contribution >= 0.6 is 0 Å². The van der Waals surface area contributed by atoms with Crippen LogP contribution in [0, 0.1) is 23.5 Å². The summed E-state index contributed by atoms with van der Waals surface area (Å²) < 4.78 is 96.3. The van der Waals surface area contributed by atoms with E-state index in [1.807, 2.05) is 0 Å². The van der Waals surface area contributed by atoms with Crippen LogP contribution in [0.5, 0.6) is 5.75 Å². The van der Waals surface area contributed by atoms with E-state index in [0.29, 0.717) is 0 Å². The van der Waals surface area contributed by atoms with E-state index in [-0.39, 0.29) is 29.0 Å². The molecule has 12 heteroatoms. The Morgan fingerprint density at radius 2 is 1.85 bits per heavy atom. The maximum absolute atomic E-state index is 14.3. The van der Waals surface area contributed by atoms with Crippen LogP contribution < -0.4 is 15.2 Å². The Bertz CT molecular complexity index is 1150. The van der Waals surface area contributed by atoms with E-state index in [0.717, 1.165) is 19.2 Å². The molecule has 0 radical (unpaired) electrons. The Kier molecular flexibility index (Phi) is 6.99. The fourth-order valence-electron chi connectivity index (χ4n) is 4.16. The molecule has 6 nitrogen and oxygen atoms in total. The van der Waals surface area contributed by atoms with E-state index < -0.39 is 63.7 Å². The first-order valence-electron chi connectivity index (χ1n) is 9.85. The Morgan fingerprint density at radius 3 is 2.45 bits per heavy atom. The van der Waals surface area contributed by atoms with Crippen molar-refractivity contribution < 1.29 is 39.9 Å². The normalized spacial score (nSPS) is 21.5. The molecule has 180 valence electrons. The molecule has 0 bridgehead atoms. The number of rotatable bonds is 5. The predicted molar refractivity (Wildman–Crippen MR) is 109 cm³/mol. The Balaban J connectivity index is 1.98. The van der Waals surface area contributed by atoms with Crippen LogP contribution in [-0.2, 0) is 14.8 Å². The second-order valence-electron chi connectivity index (χ2n) is 7.81. The van der Waals surface area contributed by atoms with E-state index in [1.165, 1.54) is 24.3 Å². The first-order valence-corrected chi connectivity index (χ1v) is 11.4. The third-order valence-corrected chi connectivity index (χ3v) is 6.68. The number of nitrogens with two attached hydrogens (primary N) is 1. The van der Waals surface area contributed by atoms with Gasteiger partial charge in [0.25, 0.3) is 0 Å². The average Bonchev–Trinajstić information content (AvgIpc) is 2.74. The number of hydrogen-bond donors (Lipinski definition) is 2. The summed E-state index contributed by atoms with van der Waals surface area (Å²) in [5.74, 6) is -7.73. The number of nitrogens with one attached hydrogen (secondary N) is 1. The van der Waals surface area contributed by atoms with Crippen molar-refractivity contribution in [2.75, 3.05) is 12.4 Å². The van der Waals surface area contributed by atoms with Crippen LogP contribution in [0.1, 0.15) is 30.7 Å². The maximum atomic E-state index is 14.3. The molecule has 0 heterocycles. The first-order chi connectivity index (χ1) is 15.3. The highest BCUT2D eigenvalue weighted by Crippen LogP contribution is 2.48. The van der Waals surface area contributed by atoms with Crippen molar-refractivity contribution in [3.8, 4) is 5.75 Å². The van der Waals surface area contributed by atoms with Crippen molar-refractivity contribution >= 4 is 21.6 Å². The van der Waals surface area contributed by atoms with Crippen molar-refractivity contribution in [1.29, 1.82) is 0 Å². The zero-order valence-electron chi connectivity index (χ0n) is 17.3. The van der Waals surface area contributed by atoms with Gasteiger partial charge in [-0.2, -0.15) is 17.6 Å². The Morgan fingerprint density at radius 1 is 1.15 bits per heavy atom. The summed E-state index contributed by atoms with van der Waals surface area (Å²) in [6, 6.07) is 6.95. The molecule has 0 aromatic heterocycles. The molecule has 3 rings (SSSR count). The number of alkyl halides is 3. The van der Waals surface area contributed by atoms with Crippen LogP contribution in [0.15, 0.2) is 41.3 Å². The van der Waals surface area contributed by atoms with Crippen molar-refractivity contribution in [2.24, 2.45) is 17.0 Å². The summed E-state index contributed by atoms with van der Waals surface area (Å²) in [6.07, 6.45) is -5.56.